The molecule has 0 aliphatic carbocycles. The Kier molecular flexibility index (Phi) is 2.63. The van der Waals surface area contributed by atoms with Crippen LogP contribution in [0.1, 0.15) is 0 Å². The fraction of sp³-hybridized carbons (Fsp3) is 0.500. The summed E-state index contributed by atoms with van der Waals surface area (Å²) < 4.78 is 5.97. The first-order valence-electron chi connectivity index (χ1n) is 4.47. The maximum atomic E-state index is 11.2. The van der Waals surface area contributed by atoms with E-state index in [1.165, 1.54) is 14.8 Å². The van der Waals surface area contributed by atoms with E-state index < -0.39 is 0 Å². The highest BCUT2D eigenvalue weighted by molar-refractivity contribution is 7.07. The summed E-state index contributed by atoms with van der Waals surface area (Å²) in [6.07, 6.45) is -0.363. The number of hydrogen-bond donors (Lipinski definition) is 1. The number of ether oxygens (including phenoxy) is 1. The Morgan fingerprint density at radius 1 is 1.47 bits per heavy atom. The molecule has 82 valence electrons. The van der Waals surface area contributed by atoms with Crippen molar-refractivity contribution in [3.63, 3.8) is 0 Å². The van der Waals surface area contributed by atoms with Gasteiger partial charge < -0.3 is 14.7 Å². The molecule has 0 unspecified atom stereocenters. The molecule has 1 amide bonds. The number of rotatable bonds is 3. The van der Waals surface area contributed by atoms with Gasteiger partial charge in [-0.05, 0) is 0 Å². The van der Waals surface area contributed by atoms with E-state index in [0.29, 0.717) is 26.2 Å². The second-order valence-corrected chi connectivity index (χ2v) is 3.93. The Hall–Kier alpha value is -1.50. The van der Waals surface area contributed by atoms with E-state index in [2.05, 4.69) is 0 Å². The zero-order valence-electron chi connectivity index (χ0n) is 7.88. The second-order valence-electron chi connectivity index (χ2n) is 3.11. The molecule has 1 N–H and O–H groups in total. The Morgan fingerprint density at radius 3 is 2.80 bits per heavy atom. The third-order valence-corrected chi connectivity index (χ3v) is 2.95. The van der Waals surface area contributed by atoms with E-state index in [0.717, 1.165) is 11.3 Å². The van der Waals surface area contributed by atoms with Crippen LogP contribution < -0.4 is 4.87 Å². The van der Waals surface area contributed by atoms with Crippen LogP contribution >= 0.6 is 11.3 Å². The van der Waals surface area contributed by atoms with E-state index >= 15 is 0 Å². The van der Waals surface area contributed by atoms with Crippen molar-refractivity contribution in [1.29, 1.82) is 0 Å². The standard InChI is InChI=1S/C8H10N2O4S/c11-6-5-15-8(13)10(6)2-1-9-3-4-14-7(9)12/h5,11H,1-4H2. The van der Waals surface area contributed by atoms with Gasteiger partial charge in [0.2, 0.25) is 5.88 Å². The van der Waals surface area contributed by atoms with Crippen LogP contribution in [0.3, 0.4) is 0 Å². The quantitative estimate of drug-likeness (QED) is 0.797. The molecule has 1 aliphatic heterocycles. The SMILES string of the molecule is O=C1OCCN1CCn1c(O)csc1=O. The number of nitrogens with zero attached hydrogens (tertiary/aromatic N) is 2. The van der Waals surface area contributed by atoms with Gasteiger partial charge in [-0.25, -0.2) is 4.79 Å². The number of aromatic nitrogens is 1. The van der Waals surface area contributed by atoms with Crippen LogP contribution in [0.2, 0.25) is 0 Å². The topological polar surface area (TPSA) is 71.8 Å². The number of carbonyl (C=O) groups excluding carboxylic acids is 1. The fourth-order valence-electron chi connectivity index (χ4n) is 1.38. The number of carbonyl (C=O) groups is 1. The van der Waals surface area contributed by atoms with Crippen LogP contribution in [0.25, 0.3) is 0 Å². The molecular formula is C8H10N2O4S. The second kappa shape index (κ2) is 3.93. The Bertz CT molecular complexity index is 425. The third-order valence-electron chi connectivity index (χ3n) is 2.20. The van der Waals surface area contributed by atoms with Crippen molar-refractivity contribution in [1.82, 2.24) is 9.47 Å². The summed E-state index contributed by atoms with van der Waals surface area (Å²) >= 11 is 0.937. The first kappa shape index (κ1) is 10.0. The van der Waals surface area contributed by atoms with Crippen LogP contribution in [0.5, 0.6) is 5.88 Å². The normalized spacial score (nSPS) is 15.7. The molecule has 0 atom stereocenters. The van der Waals surface area contributed by atoms with Gasteiger partial charge >= 0.3 is 11.0 Å². The highest BCUT2D eigenvalue weighted by Gasteiger charge is 2.21. The van der Waals surface area contributed by atoms with Gasteiger partial charge in [-0.3, -0.25) is 9.36 Å². The largest absolute Gasteiger partial charge is 0.494 e. The molecule has 7 heteroatoms. The number of thiazole rings is 1. The predicted octanol–water partition coefficient (Wildman–Crippen LogP) is 0.0676. The molecule has 1 fully saturated rings. The summed E-state index contributed by atoms with van der Waals surface area (Å²) in [5.41, 5.74) is 0. The van der Waals surface area contributed by atoms with Crippen LogP contribution in [0.15, 0.2) is 10.2 Å². The van der Waals surface area contributed by atoms with Crippen LogP contribution in [-0.4, -0.2) is 40.4 Å². The Balaban J connectivity index is 1.99. The minimum Gasteiger partial charge on any atom is -0.494 e. The van der Waals surface area contributed by atoms with Gasteiger partial charge in [0.15, 0.2) is 0 Å². The molecule has 0 spiro atoms. The average molecular weight is 230 g/mol. The molecular weight excluding hydrogens is 220 g/mol. The molecule has 2 heterocycles. The molecule has 0 bridgehead atoms. The monoisotopic (exact) mass is 230 g/mol. The summed E-state index contributed by atoms with van der Waals surface area (Å²) in [5, 5.41) is 10.7. The van der Waals surface area contributed by atoms with E-state index in [-0.39, 0.29) is 16.8 Å². The minimum absolute atomic E-state index is 0.0578. The molecule has 2 rings (SSSR count). The lowest BCUT2D eigenvalue weighted by Gasteiger charge is -2.12. The zero-order valence-corrected chi connectivity index (χ0v) is 8.70. The van der Waals surface area contributed by atoms with Gasteiger partial charge in [0, 0.05) is 13.1 Å². The predicted molar refractivity (Wildman–Crippen MR) is 53.2 cm³/mol. The Morgan fingerprint density at radius 2 is 2.27 bits per heavy atom. The maximum Gasteiger partial charge on any atom is 0.410 e. The van der Waals surface area contributed by atoms with Crippen LogP contribution in [-0.2, 0) is 11.3 Å². The first-order chi connectivity index (χ1) is 7.18. The summed E-state index contributed by atoms with van der Waals surface area (Å²) in [4.78, 5) is 23.6. The van der Waals surface area contributed by atoms with Crippen molar-refractivity contribution in [3.8, 4) is 5.88 Å². The van der Waals surface area contributed by atoms with Crippen LogP contribution in [0, 0.1) is 0 Å². The summed E-state index contributed by atoms with van der Waals surface area (Å²) in [6.45, 7) is 1.61. The summed E-state index contributed by atoms with van der Waals surface area (Å²) in [5.74, 6) is -0.0578. The lowest BCUT2D eigenvalue weighted by molar-refractivity contribution is 0.157. The van der Waals surface area contributed by atoms with Crippen molar-refractivity contribution >= 4 is 17.4 Å². The minimum atomic E-state index is -0.363. The van der Waals surface area contributed by atoms with E-state index in [4.69, 9.17) is 4.74 Å². The van der Waals surface area contributed by atoms with Gasteiger partial charge in [-0.1, -0.05) is 11.3 Å². The lowest BCUT2D eigenvalue weighted by atomic mass is 10.5. The van der Waals surface area contributed by atoms with Gasteiger partial charge in [-0.15, -0.1) is 0 Å². The molecule has 15 heavy (non-hydrogen) atoms. The molecule has 1 aromatic heterocycles. The molecule has 1 saturated heterocycles. The Labute approximate surface area is 89.3 Å². The molecule has 0 radical (unpaired) electrons. The first-order valence-corrected chi connectivity index (χ1v) is 5.35. The number of aromatic hydroxyl groups is 1. The molecule has 0 aromatic carbocycles. The van der Waals surface area contributed by atoms with Gasteiger partial charge in [0.1, 0.15) is 6.61 Å². The smallest absolute Gasteiger partial charge is 0.410 e. The molecule has 6 nitrogen and oxygen atoms in total. The number of amides is 1. The van der Waals surface area contributed by atoms with Crippen molar-refractivity contribution in [3.05, 3.63) is 15.0 Å². The average Bonchev–Trinajstić information content (AvgIpc) is 2.73. The van der Waals surface area contributed by atoms with Gasteiger partial charge in [0.25, 0.3) is 0 Å². The maximum absolute atomic E-state index is 11.2. The van der Waals surface area contributed by atoms with Crippen LogP contribution in [0.4, 0.5) is 4.79 Å². The zero-order chi connectivity index (χ0) is 10.8. The van der Waals surface area contributed by atoms with E-state index in [9.17, 15) is 14.7 Å². The molecule has 1 aliphatic rings. The van der Waals surface area contributed by atoms with Crippen molar-refractivity contribution in [2.24, 2.45) is 0 Å². The summed E-state index contributed by atoms with van der Waals surface area (Å²) in [7, 11) is 0. The number of hydrogen-bond acceptors (Lipinski definition) is 5. The summed E-state index contributed by atoms with van der Waals surface area (Å²) in [6, 6.07) is 0. The highest BCUT2D eigenvalue weighted by atomic mass is 32.1. The van der Waals surface area contributed by atoms with E-state index in [1.807, 2.05) is 0 Å². The van der Waals surface area contributed by atoms with Gasteiger partial charge in [0.05, 0.1) is 11.9 Å². The number of cyclic esters (lactones) is 1. The molecule has 1 aromatic rings. The van der Waals surface area contributed by atoms with Gasteiger partial charge in [-0.2, -0.15) is 0 Å². The van der Waals surface area contributed by atoms with Crippen molar-refractivity contribution < 1.29 is 14.6 Å². The lowest BCUT2D eigenvalue weighted by Crippen LogP contribution is -2.30. The third kappa shape index (κ3) is 1.96. The van der Waals surface area contributed by atoms with Crippen molar-refractivity contribution in [2.75, 3.05) is 19.7 Å². The van der Waals surface area contributed by atoms with Crippen molar-refractivity contribution in [2.45, 2.75) is 6.54 Å². The molecule has 0 saturated carbocycles. The van der Waals surface area contributed by atoms with E-state index in [1.54, 1.807) is 0 Å². The highest BCUT2D eigenvalue weighted by Crippen LogP contribution is 2.10. The fourth-order valence-corrected chi connectivity index (χ4v) is 2.02.